The SMILES string of the molecule is COc1cccc(-c2ncc(-c3nccn3C(c3nccn3C)C3CC3)s2)c1. The number of hydrogen-bond acceptors (Lipinski definition) is 5. The predicted molar refractivity (Wildman–Crippen MR) is 109 cm³/mol. The van der Waals surface area contributed by atoms with E-state index in [9.17, 15) is 0 Å². The van der Waals surface area contributed by atoms with Gasteiger partial charge >= 0.3 is 0 Å². The summed E-state index contributed by atoms with van der Waals surface area (Å²) in [5.41, 5.74) is 1.05. The van der Waals surface area contributed by atoms with Crippen molar-refractivity contribution in [2.75, 3.05) is 7.11 Å². The monoisotopic (exact) mass is 391 g/mol. The van der Waals surface area contributed by atoms with Gasteiger partial charge in [-0.15, -0.1) is 11.3 Å². The number of thiazole rings is 1. The van der Waals surface area contributed by atoms with Crippen LogP contribution in [0.15, 0.2) is 55.2 Å². The van der Waals surface area contributed by atoms with Gasteiger partial charge in [0, 0.05) is 43.6 Å². The molecule has 1 aromatic carbocycles. The number of nitrogens with zero attached hydrogens (tertiary/aromatic N) is 5. The van der Waals surface area contributed by atoms with Gasteiger partial charge in [-0.05, 0) is 30.9 Å². The molecule has 3 heterocycles. The van der Waals surface area contributed by atoms with E-state index < -0.39 is 0 Å². The molecule has 0 aliphatic heterocycles. The number of aryl methyl sites for hydroxylation is 1. The lowest BCUT2D eigenvalue weighted by molar-refractivity contribution is 0.415. The van der Waals surface area contributed by atoms with Crippen LogP contribution in [0.2, 0.25) is 0 Å². The summed E-state index contributed by atoms with van der Waals surface area (Å²) in [5.74, 6) is 3.48. The smallest absolute Gasteiger partial charge is 0.152 e. The maximum Gasteiger partial charge on any atom is 0.152 e. The summed E-state index contributed by atoms with van der Waals surface area (Å²) in [6.45, 7) is 0. The van der Waals surface area contributed by atoms with Gasteiger partial charge in [-0.2, -0.15) is 0 Å². The number of benzene rings is 1. The Labute approximate surface area is 167 Å². The molecule has 1 fully saturated rings. The summed E-state index contributed by atoms with van der Waals surface area (Å²) < 4.78 is 9.72. The minimum atomic E-state index is 0.208. The van der Waals surface area contributed by atoms with Gasteiger partial charge in [0.1, 0.15) is 16.6 Å². The zero-order valence-electron chi connectivity index (χ0n) is 15.8. The molecule has 0 saturated heterocycles. The maximum atomic E-state index is 5.34. The van der Waals surface area contributed by atoms with E-state index >= 15 is 0 Å². The molecule has 1 aliphatic carbocycles. The Morgan fingerprint density at radius 3 is 2.75 bits per heavy atom. The molecule has 0 N–H and O–H groups in total. The summed E-state index contributed by atoms with van der Waals surface area (Å²) >= 11 is 1.65. The molecule has 6 nitrogen and oxygen atoms in total. The Balaban J connectivity index is 1.53. The van der Waals surface area contributed by atoms with E-state index in [0.29, 0.717) is 5.92 Å². The van der Waals surface area contributed by atoms with Crippen LogP contribution in [0.4, 0.5) is 0 Å². The zero-order valence-corrected chi connectivity index (χ0v) is 16.6. The zero-order chi connectivity index (χ0) is 19.1. The molecule has 1 atom stereocenters. The van der Waals surface area contributed by atoms with E-state index in [0.717, 1.165) is 32.8 Å². The molecule has 1 aliphatic rings. The molecular formula is C21H21N5OS. The van der Waals surface area contributed by atoms with Crippen molar-refractivity contribution in [1.82, 2.24) is 24.1 Å². The first kappa shape index (κ1) is 17.2. The lowest BCUT2D eigenvalue weighted by Gasteiger charge is -2.20. The molecular weight excluding hydrogens is 370 g/mol. The fraction of sp³-hybridized carbons (Fsp3) is 0.286. The molecule has 3 aromatic heterocycles. The number of ether oxygens (including phenoxy) is 1. The van der Waals surface area contributed by atoms with Gasteiger partial charge in [0.15, 0.2) is 5.82 Å². The minimum absolute atomic E-state index is 0.208. The highest BCUT2D eigenvalue weighted by atomic mass is 32.1. The van der Waals surface area contributed by atoms with Crippen LogP contribution in [-0.2, 0) is 7.05 Å². The third-order valence-electron chi connectivity index (χ3n) is 5.20. The normalized spacial score (nSPS) is 14.9. The van der Waals surface area contributed by atoms with Gasteiger partial charge in [-0.1, -0.05) is 12.1 Å². The Bertz CT molecular complexity index is 1110. The van der Waals surface area contributed by atoms with Crippen LogP contribution in [0, 0.1) is 5.92 Å². The average Bonchev–Trinajstić information content (AvgIpc) is 3.10. The largest absolute Gasteiger partial charge is 0.497 e. The minimum Gasteiger partial charge on any atom is -0.497 e. The Morgan fingerprint density at radius 2 is 2.00 bits per heavy atom. The summed E-state index contributed by atoms with van der Waals surface area (Å²) in [6, 6.07) is 8.20. The average molecular weight is 392 g/mol. The maximum absolute atomic E-state index is 5.34. The second-order valence-electron chi connectivity index (χ2n) is 7.10. The summed E-state index contributed by atoms with van der Waals surface area (Å²) in [6.07, 6.45) is 12.2. The van der Waals surface area contributed by atoms with E-state index in [2.05, 4.69) is 43.4 Å². The lowest BCUT2D eigenvalue weighted by atomic mass is 10.1. The first-order valence-electron chi connectivity index (χ1n) is 9.35. The van der Waals surface area contributed by atoms with Gasteiger partial charge < -0.3 is 13.9 Å². The summed E-state index contributed by atoms with van der Waals surface area (Å²) in [5, 5.41) is 0.961. The molecule has 0 spiro atoms. The van der Waals surface area contributed by atoms with Gasteiger partial charge in [0.2, 0.25) is 0 Å². The van der Waals surface area contributed by atoms with E-state index in [4.69, 9.17) is 4.74 Å². The molecule has 7 heteroatoms. The first-order valence-corrected chi connectivity index (χ1v) is 10.2. The lowest BCUT2D eigenvalue weighted by Crippen LogP contribution is -2.17. The van der Waals surface area contributed by atoms with Crippen molar-refractivity contribution in [3.63, 3.8) is 0 Å². The second kappa shape index (κ2) is 6.91. The number of aromatic nitrogens is 5. The van der Waals surface area contributed by atoms with Crippen molar-refractivity contribution in [1.29, 1.82) is 0 Å². The van der Waals surface area contributed by atoms with Crippen molar-refractivity contribution in [3.05, 3.63) is 61.1 Å². The number of methoxy groups -OCH3 is 1. The third kappa shape index (κ3) is 3.01. The molecule has 142 valence electrons. The second-order valence-corrected chi connectivity index (χ2v) is 8.13. The highest BCUT2D eigenvalue weighted by Gasteiger charge is 2.37. The van der Waals surface area contributed by atoms with E-state index in [-0.39, 0.29) is 6.04 Å². The number of rotatable bonds is 6. The van der Waals surface area contributed by atoms with E-state index in [1.165, 1.54) is 12.8 Å². The van der Waals surface area contributed by atoms with Crippen molar-refractivity contribution < 1.29 is 4.74 Å². The Kier molecular flexibility index (Phi) is 4.24. The Hall–Kier alpha value is -2.93. The van der Waals surface area contributed by atoms with Crippen LogP contribution in [0.5, 0.6) is 5.75 Å². The topological polar surface area (TPSA) is 57.8 Å². The Morgan fingerprint density at radius 1 is 1.14 bits per heavy atom. The van der Waals surface area contributed by atoms with Crippen molar-refractivity contribution in [2.45, 2.75) is 18.9 Å². The van der Waals surface area contributed by atoms with Gasteiger partial charge in [-0.25, -0.2) is 15.0 Å². The fourth-order valence-electron chi connectivity index (χ4n) is 3.63. The highest BCUT2D eigenvalue weighted by Crippen LogP contribution is 2.45. The molecule has 0 amide bonds. The summed E-state index contributed by atoms with van der Waals surface area (Å²) in [7, 11) is 3.74. The van der Waals surface area contributed by atoms with Crippen LogP contribution in [0.1, 0.15) is 24.7 Å². The van der Waals surface area contributed by atoms with Crippen LogP contribution in [0.3, 0.4) is 0 Å². The standard InChI is InChI=1S/C21H21N5OS/c1-25-10-8-23-20(25)18(14-6-7-14)26-11-9-22-19(26)17-13-24-21(28-17)15-4-3-5-16(12-15)27-2/h3-5,8-14,18H,6-7H2,1-2H3. The number of imidazole rings is 2. The molecule has 4 aromatic rings. The van der Waals surface area contributed by atoms with Crippen molar-refractivity contribution >= 4 is 11.3 Å². The van der Waals surface area contributed by atoms with E-state index in [1.807, 2.05) is 43.0 Å². The highest BCUT2D eigenvalue weighted by molar-refractivity contribution is 7.18. The first-order chi connectivity index (χ1) is 13.7. The van der Waals surface area contributed by atoms with Crippen LogP contribution >= 0.6 is 11.3 Å². The van der Waals surface area contributed by atoms with Crippen LogP contribution in [0.25, 0.3) is 21.3 Å². The third-order valence-corrected chi connectivity index (χ3v) is 6.24. The molecule has 1 saturated carbocycles. The predicted octanol–water partition coefficient (Wildman–Crippen LogP) is 4.42. The molecule has 5 rings (SSSR count). The number of hydrogen-bond donors (Lipinski definition) is 0. The van der Waals surface area contributed by atoms with Gasteiger partial charge in [-0.3, -0.25) is 0 Å². The summed E-state index contributed by atoms with van der Waals surface area (Å²) in [4.78, 5) is 15.0. The van der Waals surface area contributed by atoms with Crippen molar-refractivity contribution in [3.8, 4) is 27.0 Å². The fourth-order valence-corrected chi connectivity index (χ4v) is 4.55. The van der Waals surface area contributed by atoms with Crippen LogP contribution < -0.4 is 4.74 Å². The molecule has 28 heavy (non-hydrogen) atoms. The van der Waals surface area contributed by atoms with Crippen LogP contribution in [-0.4, -0.2) is 31.2 Å². The quantitative estimate of drug-likeness (QED) is 0.488. The van der Waals surface area contributed by atoms with Crippen molar-refractivity contribution in [2.24, 2.45) is 13.0 Å². The molecule has 0 radical (unpaired) electrons. The van der Waals surface area contributed by atoms with Gasteiger partial charge in [0.05, 0.1) is 18.0 Å². The molecule has 0 bridgehead atoms. The van der Waals surface area contributed by atoms with Gasteiger partial charge in [0.25, 0.3) is 0 Å². The molecule has 1 unspecified atom stereocenters. The van der Waals surface area contributed by atoms with E-state index in [1.54, 1.807) is 18.4 Å².